The average molecular weight is 520 g/mol. The number of ether oxygens (including phenoxy) is 1. The SMILES string of the molecule is CN1CCOc2cccc(c2)-c2cc3ccccc3n2CCN(C(=O)c2ccn(C)n2)Cc2cccc(c2)C1. The van der Waals surface area contributed by atoms with Gasteiger partial charge in [0, 0.05) is 68.1 Å². The molecular formula is C32H33N5O2. The maximum absolute atomic E-state index is 13.7. The highest BCUT2D eigenvalue weighted by Crippen LogP contribution is 2.31. The molecular weight excluding hydrogens is 486 g/mol. The van der Waals surface area contributed by atoms with E-state index < -0.39 is 0 Å². The Labute approximate surface area is 228 Å². The summed E-state index contributed by atoms with van der Waals surface area (Å²) >= 11 is 0. The van der Waals surface area contributed by atoms with Crippen LogP contribution in [0.25, 0.3) is 22.2 Å². The van der Waals surface area contributed by atoms with Crippen LogP contribution < -0.4 is 4.74 Å². The smallest absolute Gasteiger partial charge is 0.274 e. The second kappa shape index (κ2) is 10.8. The number of benzene rings is 3. The molecule has 0 radical (unpaired) electrons. The third kappa shape index (κ3) is 5.45. The molecule has 0 atom stereocenters. The monoisotopic (exact) mass is 519 g/mol. The fraction of sp³-hybridized carbons (Fsp3) is 0.250. The van der Waals surface area contributed by atoms with E-state index in [2.05, 4.69) is 88.3 Å². The Kier molecular flexibility index (Phi) is 6.90. The Bertz CT molecular complexity index is 1620. The molecule has 1 aliphatic heterocycles. The number of amides is 1. The number of hydrogen-bond acceptors (Lipinski definition) is 4. The molecule has 0 N–H and O–H groups in total. The van der Waals surface area contributed by atoms with Crippen molar-refractivity contribution in [2.45, 2.75) is 19.6 Å². The molecule has 3 aromatic carbocycles. The van der Waals surface area contributed by atoms with Crippen molar-refractivity contribution >= 4 is 16.8 Å². The third-order valence-corrected chi connectivity index (χ3v) is 7.31. The first-order valence-corrected chi connectivity index (χ1v) is 13.4. The second-order valence-electron chi connectivity index (χ2n) is 10.3. The number of rotatable bonds is 1. The van der Waals surface area contributed by atoms with Gasteiger partial charge in [-0.25, -0.2) is 0 Å². The van der Waals surface area contributed by atoms with Crippen LogP contribution in [0.5, 0.6) is 5.75 Å². The van der Waals surface area contributed by atoms with Crippen molar-refractivity contribution in [1.82, 2.24) is 24.1 Å². The van der Waals surface area contributed by atoms with Crippen LogP contribution in [0.1, 0.15) is 21.6 Å². The number of fused-ring (bicyclic) bond motifs is 8. The second-order valence-corrected chi connectivity index (χ2v) is 10.3. The van der Waals surface area contributed by atoms with Gasteiger partial charge in [0.05, 0.1) is 0 Å². The number of para-hydroxylation sites is 1. The minimum atomic E-state index is -0.0653. The average Bonchev–Trinajstić information content (AvgIpc) is 3.54. The van der Waals surface area contributed by atoms with Crippen LogP contribution >= 0.6 is 0 Å². The van der Waals surface area contributed by atoms with Gasteiger partial charge < -0.3 is 14.2 Å². The Morgan fingerprint density at radius 1 is 0.821 bits per heavy atom. The predicted molar refractivity (Wildman–Crippen MR) is 154 cm³/mol. The quantitative estimate of drug-likeness (QED) is 0.305. The van der Waals surface area contributed by atoms with Gasteiger partial charge in [0.1, 0.15) is 18.1 Å². The number of aryl methyl sites for hydroxylation is 1. The molecule has 3 heterocycles. The number of carbonyl (C=O) groups is 1. The molecule has 2 aromatic heterocycles. The largest absolute Gasteiger partial charge is 0.492 e. The normalized spacial score (nSPS) is 15.0. The Balaban J connectivity index is 1.43. The molecule has 1 amide bonds. The fourth-order valence-electron chi connectivity index (χ4n) is 5.36. The highest BCUT2D eigenvalue weighted by atomic mass is 16.5. The molecule has 6 rings (SSSR count). The van der Waals surface area contributed by atoms with E-state index in [9.17, 15) is 4.79 Å². The van der Waals surface area contributed by atoms with E-state index in [1.807, 2.05) is 30.3 Å². The van der Waals surface area contributed by atoms with Crippen LogP contribution in [0, 0.1) is 0 Å². The number of hydrogen-bond donors (Lipinski definition) is 0. The predicted octanol–water partition coefficient (Wildman–Crippen LogP) is 5.21. The third-order valence-electron chi connectivity index (χ3n) is 7.31. The topological polar surface area (TPSA) is 55.5 Å². The van der Waals surface area contributed by atoms with E-state index in [1.54, 1.807) is 10.7 Å². The van der Waals surface area contributed by atoms with E-state index in [0.717, 1.165) is 41.2 Å². The zero-order chi connectivity index (χ0) is 26.8. The molecule has 5 aromatic rings. The summed E-state index contributed by atoms with van der Waals surface area (Å²) in [5.41, 5.74) is 6.12. The van der Waals surface area contributed by atoms with E-state index in [1.165, 1.54) is 10.9 Å². The summed E-state index contributed by atoms with van der Waals surface area (Å²) in [6, 6.07) is 29.3. The molecule has 0 aliphatic carbocycles. The standard InChI is InChI=1S/C32H33N5O2/c1-34-17-18-39-28-11-6-10-26(20-28)31-21-27-9-3-4-12-30(27)37(31)16-15-36(32(38)29-13-14-35(2)33-29)23-25-8-5-7-24(19-25)22-34/h3-14,19-21H,15-18,22-23H2,1-2H3. The van der Waals surface area contributed by atoms with Crippen molar-refractivity contribution < 1.29 is 9.53 Å². The minimum Gasteiger partial charge on any atom is -0.492 e. The lowest BCUT2D eigenvalue weighted by Crippen LogP contribution is -2.34. The van der Waals surface area contributed by atoms with E-state index >= 15 is 0 Å². The Morgan fingerprint density at radius 2 is 1.64 bits per heavy atom. The van der Waals surface area contributed by atoms with Gasteiger partial charge in [-0.2, -0.15) is 5.10 Å². The van der Waals surface area contributed by atoms with Crippen molar-refractivity contribution in [2.75, 3.05) is 26.7 Å². The van der Waals surface area contributed by atoms with Gasteiger partial charge in [-0.05, 0) is 48.5 Å². The zero-order valence-corrected chi connectivity index (χ0v) is 22.5. The lowest BCUT2D eigenvalue weighted by Gasteiger charge is -2.24. The van der Waals surface area contributed by atoms with Crippen molar-refractivity contribution in [1.29, 1.82) is 0 Å². The maximum atomic E-state index is 13.7. The van der Waals surface area contributed by atoms with Gasteiger partial charge in [-0.15, -0.1) is 0 Å². The Hall–Kier alpha value is -4.36. The fourth-order valence-corrected chi connectivity index (χ4v) is 5.36. The van der Waals surface area contributed by atoms with Crippen LogP contribution in [-0.2, 0) is 26.7 Å². The van der Waals surface area contributed by atoms with Gasteiger partial charge in [0.25, 0.3) is 5.91 Å². The van der Waals surface area contributed by atoms with Crippen molar-refractivity contribution in [2.24, 2.45) is 7.05 Å². The maximum Gasteiger partial charge on any atom is 0.274 e. The summed E-state index contributed by atoms with van der Waals surface area (Å²) in [7, 11) is 3.94. The summed E-state index contributed by atoms with van der Waals surface area (Å²) in [5, 5.41) is 5.59. The molecule has 0 fully saturated rings. The highest BCUT2D eigenvalue weighted by molar-refractivity contribution is 5.92. The summed E-state index contributed by atoms with van der Waals surface area (Å²) in [5.74, 6) is 0.792. The molecule has 198 valence electrons. The highest BCUT2D eigenvalue weighted by Gasteiger charge is 2.20. The molecule has 1 aliphatic rings. The van der Waals surface area contributed by atoms with E-state index in [-0.39, 0.29) is 5.91 Å². The van der Waals surface area contributed by atoms with Crippen LogP contribution in [0.15, 0.2) is 91.1 Å². The zero-order valence-electron chi connectivity index (χ0n) is 22.5. The first-order valence-electron chi connectivity index (χ1n) is 13.4. The molecule has 39 heavy (non-hydrogen) atoms. The Morgan fingerprint density at radius 3 is 2.49 bits per heavy atom. The molecule has 0 saturated carbocycles. The lowest BCUT2D eigenvalue weighted by molar-refractivity contribution is 0.0731. The van der Waals surface area contributed by atoms with Crippen LogP contribution in [0.3, 0.4) is 0 Å². The van der Waals surface area contributed by atoms with Gasteiger partial charge in [0.15, 0.2) is 0 Å². The summed E-state index contributed by atoms with van der Waals surface area (Å²) in [6.07, 6.45) is 1.82. The number of aromatic nitrogens is 3. The first-order chi connectivity index (χ1) is 19.0. The van der Waals surface area contributed by atoms with Gasteiger partial charge in [0.2, 0.25) is 0 Å². The first kappa shape index (κ1) is 24.9. The number of carbonyl (C=O) groups excluding carboxylic acids is 1. The van der Waals surface area contributed by atoms with Crippen molar-refractivity contribution in [3.8, 4) is 17.0 Å². The molecule has 4 bridgehead atoms. The van der Waals surface area contributed by atoms with Crippen LogP contribution in [-0.4, -0.2) is 56.8 Å². The van der Waals surface area contributed by atoms with E-state index in [4.69, 9.17) is 4.74 Å². The summed E-state index contributed by atoms with van der Waals surface area (Å²) in [6.45, 7) is 3.92. The van der Waals surface area contributed by atoms with Gasteiger partial charge >= 0.3 is 0 Å². The van der Waals surface area contributed by atoms with Gasteiger partial charge in [-0.3, -0.25) is 14.4 Å². The summed E-state index contributed by atoms with van der Waals surface area (Å²) in [4.78, 5) is 17.9. The van der Waals surface area contributed by atoms with Crippen LogP contribution in [0.4, 0.5) is 0 Å². The lowest BCUT2D eigenvalue weighted by atomic mass is 10.1. The number of likely N-dealkylation sites (N-methyl/N-ethyl adjacent to an activating group) is 1. The molecule has 7 nitrogen and oxygen atoms in total. The molecule has 0 unspecified atom stereocenters. The van der Waals surface area contributed by atoms with Crippen LogP contribution in [0.2, 0.25) is 0 Å². The van der Waals surface area contributed by atoms with Crippen molar-refractivity contribution in [3.63, 3.8) is 0 Å². The summed E-state index contributed by atoms with van der Waals surface area (Å²) < 4.78 is 10.2. The minimum absolute atomic E-state index is 0.0653. The molecule has 0 spiro atoms. The molecule has 0 saturated heterocycles. The van der Waals surface area contributed by atoms with Crippen molar-refractivity contribution in [3.05, 3.63) is 108 Å². The van der Waals surface area contributed by atoms with Gasteiger partial charge in [-0.1, -0.05) is 54.6 Å². The van der Waals surface area contributed by atoms with E-state index in [0.29, 0.717) is 31.9 Å². The number of nitrogens with zero attached hydrogens (tertiary/aromatic N) is 5. The molecule has 7 heteroatoms.